The number of nitrogens with one attached hydrogen (secondary N) is 2. The lowest BCUT2D eigenvalue weighted by Gasteiger charge is -2.32. The number of hydrogen-bond acceptors (Lipinski definition) is 10. The van der Waals surface area contributed by atoms with Crippen LogP contribution in [0.15, 0.2) is 23.7 Å². The SMILES string of the molecule is CCOC(=O)C1CCN(c2ncc(C(=O)Nc3nc(-c4cc(Cl)cs4)c(N4CCC5CNCC54)s3)cc2Cl)CC1. The zero-order valence-electron chi connectivity index (χ0n) is 22.0. The van der Waals surface area contributed by atoms with E-state index in [-0.39, 0.29) is 17.8 Å². The van der Waals surface area contributed by atoms with E-state index in [1.165, 1.54) is 17.5 Å². The lowest BCUT2D eigenvalue weighted by atomic mass is 9.97. The van der Waals surface area contributed by atoms with Crippen LogP contribution in [0.3, 0.4) is 0 Å². The molecule has 0 bridgehead atoms. The van der Waals surface area contributed by atoms with Gasteiger partial charge >= 0.3 is 5.97 Å². The van der Waals surface area contributed by atoms with E-state index in [9.17, 15) is 9.59 Å². The number of halogens is 2. The van der Waals surface area contributed by atoms with Gasteiger partial charge in [-0.05, 0) is 44.2 Å². The Morgan fingerprint density at radius 1 is 1.18 bits per heavy atom. The summed E-state index contributed by atoms with van der Waals surface area (Å²) in [6, 6.07) is 3.99. The summed E-state index contributed by atoms with van der Waals surface area (Å²) in [5.41, 5.74) is 1.20. The molecule has 3 fully saturated rings. The van der Waals surface area contributed by atoms with Crippen LogP contribution in [0.25, 0.3) is 10.6 Å². The van der Waals surface area contributed by atoms with Crippen LogP contribution in [-0.4, -0.2) is 67.2 Å². The maximum atomic E-state index is 13.2. The van der Waals surface area contributed by atoms with Crippen molar-refractivity contribution in [3.8, 4) is 10.6 Å². The van der Waals surface area contributed by atoms with E-state index < -0.39 is 0 Å². The summed E-state index contributed by atoms with van der Waals surface area (Å²) in [7, 11) is 0. The number of hydrogen-bond donors (Lipinski definition) is 2. The van der Waals surface area contributed by atoms with Gasteiger partial charge in [0.05, 0.1) is 33.0 Å². The van der Waals surface area contributed by atoms with Gasteiger partial charge in [-0.2, -0.15) is 0 Å². The number of aromatic nitrogens is 2. The molecule has 13 heteroatoms. The van der Waals surface area contributed by atoms with Crippen molar-refractivity contribution < 1.29 is 14.3 Å². The standard InChI is InChI=1S/C27H30Cl2N6O3S2/c1-2-38-26(37)15-3-6-34(7-4-15)23-19(29)9-17(12-31-23)24(36)33-27-32-22(21-10-18(28)14-39-21)25(40-27)35-8-5-16-11-30-13-20(16)35/h9-10,12,14-16,20,30H,2-8,11,13H2,1H3,(H,32,33,36). The Kier molecular flexibility index (Phi) is 8.18. The van der Waals surface area contributed by atoms with E-state index in [0.717, 1.165) is 41.6 Å². The molecule has 0 spiro atoms. The molecule has 3 aliphatic heterocycles. The van der Waals surface area contributed by atoms with Crippen molar-refractivity contribution in [1.82, 2.24) is 15.3 Å². The molecule has 6 heterocycles. The Balaban J connectivity index is 1.17. The first-order chi connectivity index (χ1) is 19.4. The minimum absolute atomic E-state index is 0.102. The Morgan fingerprint density at radius 3 is 2.73 bits per heavy atom. The summed E-state index contributed by atoms with van der Waals surface area (Å²) in [5.74, 6) is 0.674. The van der Waals surface area contributed by atoms with Crippen molar-refractivity contribution in [3.05, 3.63) is 39.3 Å². The number of anilines is 3. The van der Waals surface area contributed by atoms with Gasteiger partial charge in [0.2, 0.25) is 0 Å². The summed E-state index contributed by atoms with van der Waals surface area (Å²) in [4.78, 5) is 40.1. The summed E-state index contributed by atoms with van der Waals surface area (Å²) < 4.78 is 5.16. The molecule has 40 heavy (non-hydrogen) atoms. The summed E-state index contributed by atoms with van der Waals surface area (Å²) in [5, 5.41) is 11.0. The maximum absolute atomic E-state index is 13.2. The van der Waals surface area contributed by atoms with Crippen LogP contribution >= 0.6 is 45.9 Å². The van der Waals surface area contributed by atoms with Gasteiger partial charge in [-0.15, -0.1) is 11.3 Å². The van der Waals surface area contributed by atoms with Crippen LogP contribution in [0.4, 0.5) is 16.0 Å². The number of amides is 1. The Morgan fingerprint density at radius 2 is 2.00 bits per heavy atom. The zero-order chi connectivity index (χ0) is 27.8. The molecule has 3 aromatic rings. The quantitative estimate of drug-likeness (QED) is 0.339. The first-order valence-electron chi connectivity index (χ1n) is 13.5. The second kappa shape index (κ2) is 11.8. The number of esters is 1. The van der Waals surface area contributed by atoms with Crippen molar-refractivity contribution in [2.24, 2.45) is 11.8 Å². The van der Waals surface area contributed by atoms with E-state index in [1.54, 1.807) is 17.4 Å². The molecule has 0 aromatic carbocycles. The highest BCUT2D eigenvalue weighted by atomic mass is 35.5. The fourth-order valence-corrected chi connectivity index (χ4v) is 8.28. The van der Waals surface area contributed by atoms with Gasteiger partial charge in [0.25, 0.3) is 5.91 Å². The molecular weight excluding hydrogens is 591 g/mol. The third-order valence-corrected chi connectivity index (χ3v) is 10.4. The van der Waals surface area contributed by atoms with E-state index >= 15 is 0 Å². The number of carbonyl (C=O) groups excluding carboxylic acids is 2. The molecular formula is C27H30Cl2N6O3S2. The molecule has 3 saturated heterocycles. The highest BCUT2D eigenvalue weighted by molar-refractivity contribution is 7.21. The lowest BCUT2D eigenvalue weighted by molar-refractivity contribution is -0.148. The van der Waals surface area contributed by atoms with E-state index in [2.05, 4.69) is 20.5 Å². The Labute approximate surface area is 250 Å². The third-order valence-electron chi connectivity index (χ3n) is 7.84. The summed E-state index contributed by atoms with van der Waals surface area (Å²) in [6.45, 7) is 6.45. The molecule has 0 radical (unpaired) electrons. The number of fused-ring (bicyclic) bond motifs is 1. The van der Waals surface area contributed by atoms with Crippen molar-refractivity contribution in [3.63, 3.8) is 0 Å². The van der Waals surface area contributed by atoms with Crippen LogP contribution in [0, 0.1) is 11.8 Å². The van der Waals surface area contributed by atoms with Crippen molar-refractivity contribution in [1.29, 1.82) is 0 Å². The molecule has 1 amide bonds. The predicted octanol–water partition coefficient (Wildman–Crippen LogP) is 5.40. The third kappa shape index (κ3) is 5.54. The highest BCUT2D eigenvalue weighted by Gasteiger charge is 2.40. The molecule has 0 saturated carbocycles. The van der Waals surface area contributed by atoms with Crippen molar-refractivity contribution in [2.45, 2.75) is 32.2 Å². The first-order valence-corrected chi connectivity index (χ1v) is 16.0. The van der Waals surface area contributed by atoms with Gasteiger partial charge in [0, 0.05) is 50.3 Å². The normalized spacial score (nSPS) is 21.1. The number of thiophene rings is 1. The summed E-state index contributed by atoms with van der Waals surface area (Å²) in [6.07, 6.45) is 4.03. The molecule has 9 nitrogen and oxygen atoms in total. The van der Waals surface area contributed by atoms with Crippen molar-refractivity contribution >= 4 is 73.7 Å². The van der Waals surface area contributed by atoms with Crippen LogP contribution in [-0.2, 0) is 9.53 Å². The van der Waals surface area contributed by atoms with E-state index in [1.807, 2.05) is 23.3 Å². The second-order valence-electron chi connectivity index (χ2n) is 10.3. The van der Waals surface area contributed by atoms with Crippen LogP contribution in [0.1, 0.15) is 36.5 Å². The minimum atomic E-state index is -0.320. The number of rotatable bonds is 7. The second-order valence-corrected chi connectivity index (χ2v) is 13.0. The molecule has 3 aromatic heterocycles. The van der Waals surface area contributed by atoms with Gasteiger partial charge < -0.3 is 19.9 Å². The lowest BCUT2D eigenvalue weighted by Crippen LogP contribution is -2.37. The number of thiazole rings is 1. The average Bonchev–Trinajstić information content (AvgIpc) is 3.74. The molecule has 2 unspecified atom stereocenters. The molecule has 3 aliphatic rings. The largest absolute Gasteiger partial charge is 0.466 e. The van der Waals surface area contributed by atoms with Gasteiger partial charge in [0.15, 0.2) is 5.13 Å². The maximum Gasteiger partial charge on any atom is 0.309 e. The number of ether oxygens (including phenoxy) is 1. The van der Waals surface area contributed by atoms with Gasteiger partial charge in [-0.25, -0.2) is 9.97 Å². The minimum Gasteiger partial charge on any atom is -0.466 e. The fourth-order valence-electron chi connectivity index (χ4n) is 5.80. The number of nitrogens with zero attached hydrogens (tertiary/aromatic N) is 4. The van der Waals surface area contributed by atoms with Crippen LogP contribution < -0.4 is 20.4 Å². The highest BCUT2D eigenvalue weighted by Crippen LogP contribution is 2.45. The van der Waals surface area contributed by atoms with Crippen LogP contribution in [0.2, 0.25) is 10.0 Å². The number of pyridine rings is 1. The smallest absolute Gasteiger partial charge is 0.309 e. The van der Waals surface area contributed by atoms with E-state index in [0.29, 0.717) is 71.1 Å². The molecule has 212 valence electrons. The number of piperidine rings is 1. The Bertz CT molecular complexity index is 1410. The van der Waals surface area contributed by atoms with Crippen molar-refractivity contribution in [2.75, 3.05) is 54.4 Å². The fraction of sp³-hybridized carbons (Fsp3) is 0.481. The molecule has 2 atom stereocenters. The average molecular weight is 622 g/mol. The van der Waals surface area contributed by atoms with Gasteiger partial charge in [-0.1, -0.05) is 34.5 Å². The zero-order valence-corrected chi connectivity index (χ0v) is 25.1. The first kappa shape index (κ1) is 27.7. The number of carbonyl (C=O) groups is 2. The van der Waals surface area contributed by atoms with Gasteiger partial charge in [0.1, 0.15) is 16.5 Å². The topological polar surface area (TPSA) is 99.7 Å². The van der Waals surface area contributed by atoms with E-state index in [4.69, 9.17) is 32.9 Å². The Hall–Kier alpha value is -2.44. The molecule has 6 rings (SSSR count). The van der Waals surface area contributed by atoms with Gasteiger partial charge in [-0.3, -0.25) is 14.9 Å². The monoisotopic (exact) mass is 620 g/mol. The summed E-state index contributed by atoms with van der Waals surface area (Å²) >= 11 is 15.9. The molecule has 0 aliphatic carbocycles. The van der Waals surface area contributed by atoms with Crippen LogP contribution in [0.5, 0.6) is 0 Å². The molecule has 2 N–H and O–H groups in total. The predicted molar refractivity (Wildman–Crippen MR) is 161 cm³/mol.